The molecule has 0 fully saturated rings. The van der Waals surface area contributed by atoms with E-state index in [0.29, 0.717) is 28.9 Å². The molecule has 0 bridgehead atoms. The van der Waals surface area contributed by atoms with Crippen molar-refractivity contribution in [1.82, 2.24) is 9.66 Å². The maximum Gasteiger partial charge on any atom is 0.344 e. The van der Waals surface area contributed by atoms with E-state index in [1.54, 1.807) is 31.2 Å². The van der Waals surface area contributed by atoms with Crippen molar-refractivity contribution in [2.75, 3.05) is 6.61 Å². The average Bonchev–Trinajstić information content (AvgIpc) is 2.75. The number of fused-ring (bicyclic) bond motifs is 1. The highest BCUT2D eigenvalue weighted by atomic mass is 79.9. The fourth-order valence-corrected chi connectivity index (χ4v) is 3.67. The summed E-state index contributed by atoms with van der Waals surface area (Å²) in [6.45, 7) is 7.35. The predicted octanol–water partition coefficient (Wildman–Crippen LogP) is 5.07. The van der Waals surface area contributed by atoms with Crippen LogP contribution >= 0.6 is 27.5 Å². The number of aromatic nitrogens is 2. The topological polar surface area (TPSA) is 103 Å². The Morgan fingerprint density at radius 1 is 1.30 bits per heavy atom. The van der Waals surface area contributed by atoms with Gasteiger partial charge in [-0.15, -0.1) is 0 Å². The Hall–Kier alpha value is -2.91. The lowest BCUT2D eigenvalue weighted by molar-refractivity contribution is -0.144. The zero-order valence-electron chi connectivity index (χ0n) is 18.5. The van der Waals surface area contributed by atoms with Crippen molar-refractivity contribution in [1.29, 1.82) is 0 Å². The molecule has 3 rings (SSSR count). The number of carboxylic acid groups (broad SMARTS) is 1. The molecule has 1 aromatic heterocycles. The summed E-state index contributed by atoms with van der Waals surface area (Å²) in [7, 11) is 0. The summed E-state index contributed by atoms with van der Waals surface area (Å²) in [4.78, 5) is 29.0. The Labute approximate surface area is 203 Å². The van der Waals surface area contributed by atoms with Gasteiger partial charge in [-0.2, -0.15) is 9.78 Å². The molecule has 0 spiro atoms. The van der Waals surface area contributed by atoms with E-state index in [4.69, 9.17) is 26.2 Å². The number of nitrogens with zero attached hydrogens (tertiary/aromatic N) is 3. The van der Waals surface area contributed by atoms with Gasteiger partial charge in [-0.3, -0.25) is 4.79 Å². The van der Waals surface area contributed by atoms with E-state index >= 15 is 0 Å². The van der Waals surface area contributed by atoms with Crippen molar-refractivity contribution in [2.45, 2.75) is 39.7 Å². The summed E-state index contributed by atoms with van der Waals surface area (Å²) in [5.74, 6) is -0.272. The Kier molecular flexibility index (Phi) is 7.76. The Morgan fingerprint density at radius 2 is 2.03 bits per heavy atom. The SMILES string of the molecule is CCOc1cc(C=Nn2c(C(C)C)nc3ccc(Br)cc3c2=O)cc(Cl)c1O[C@@H](C)C(=O)O. The van der Waals surface area contributed by atoms with E-state index in [1.807, 2.05) is 19.9 Å². The van der Waals surface area contributed by atoms with Crippen molar-refractivity contribution in [2.24, 2.45) is 5.10 Å². The molecule has 10 heteroatoms. The summed E-state index contributed by atoms with van der Waals surface area (Å²) in [5, 5.41) is 14.1. The molecule has 0 saturated carbocycles. The van der Waals surface area contributed by atoms with Crippen LogP contribution in [-0.4, -0.2) is 39.7 Å². The molecule has 1 N–H and O–H groups in total. The first-order valence-corrected chi connectivity index (χ1v) is 11.4. The van der Waals surface area contributed by atoms with E-state index in [-0.39, 0.29) is 28.0 Å². The molecule has 0 radical (unpaired) electrons. The molecule has 33 heavy (non-hydrogen) atoms. The quantitative estimate of drug-likeness (QED) is 0.403. The van der Waals surface area contributed by atoms with Gasteiger partial charge in [0.15, 0.2) is 17.6 Å². The molecular weight excluding hydrogens is 514 g/mol. The van der Waals surface area contributed by atoms with Crippen molar-refractivity contribution in [3.05, 3.63) is 61.6 Å². The monoisotopic (exact) mass is 535 g/mol. The van der Waals surface area contributed by atoms with Crippen LogP contribution in [0.4, 0.5) is 0 Å². The molecule has 8 nitrogen and oxygen atoms in total. The smallest absolute Gasteiger partial charge is 0.344 e. The first-order valence-electron chi connectivity index (χ1n) is 10.2. The van der Waals surface area contributed by atoms with Crippen LogP contribution in [0.1, 0.15) is 45.0 Å². The molecule has 0 amide bonds. The summed E-state index contributed by atoms with van der Waals surface area (Å²) in [6, 6.07) is 8.50. The predicted molar refractivity (Wildman–Crippen MR) is 131 cm³/mol. The molecule has 0 aliphatic rings. The largest absolute Gasteiger partial charge is 0.490 e. The second kappa shape index (κ2) is 10.4. The van der Waals surface area contributed by atoms with Crippen LogP contribution in [0.3, 0.4) is 0 Å². The third-order valence-corrected chi connectivity index (χ3v) is 5.42. The van der Waals surface area contributed by atoms with Crippen LogP contribution in [0.5, 0.6) is 11.5 Å². The molecule has 1 heterocycles. The van der Waals surface area contributed by atoms with Gasteiger partial charge in [-0.1, -0.05) is 41.4 Å². The van der Waals surface area contributed by atoms with E-state index in [0.717, 1.165) is 4.47 Å². The van der Waals surface area contributed by atoms with Gasteiger partial charge >= 0.3 is 5.97 Å². The van der Waals surface area contributed by atoms with E-state index in [1.165, 1.54) is 17.8 Å². The van der Waals surface area contributed by atoms with Crippen molar-refractivity contribution in [3.63, 3.8) is 0 Å². The molecule has 0 aliphatic carbocycles. The highest BCUT2D eigenvalue weighted by Gasteiger charge is 2.19. The Bertz CT molecular complexity index is 1290. The number of aliphatic carboxylic acids is 1. The third-order valence-electron chi connectivity index (χ3n) is 4.65. The van der Waals surface area contributed by atoms with Gasteiger partial charge in [-0.05, 0) is 49.7 Å². The van der Waals surface area contributed by atoms with Crippen LogP contribution in [0.25, 0.3) is 10.9 Å². The highest BCUT2D eigenvalue weighted by Crippen LogP contribution is 2.37. The number of benzene rings is 2. The minimum Gasteiger partial charge on any atom is -0.490 e. The van der Waals surface area contributed by atoms with Crippen molar-refractivity contribution >= 4 is 50.6 Å². The molecule has 3 aromatic rings. The summed E-state index contributed by atoms with van der Waals surface area (Å²) < 4.78 is 13.1. The van der Waals surface area contributed by atoms with Crippen LogP contribution in [0.2, 0.25) is 5.02 Å². The van der Waals surface area contributed by atoms with Gasteiger partial charge in [0, 0.05) is 10.4 Å². The molecule has 0 aliphatic heterocycles. The number of hydrogen-bond acceptors (Lipinski definition) is 6. The van der Waals surface area contributed by atoms with Gasteiger partial charge in [0.25, 0.3) is 5.56 Å². The van der Waals surface area contributed by atoms with Gasteiger partial charge in [0.05, 0.1) is 28.7 Å². The Balaban J connectivity index is 2.09. The number of hydrogen-bond donors (Lipinski definition) is 1. The van der Waals surface area contributed by atoms with Crippen LogP contribution in [0.15, 0.2) is 44.7 Å². The standard InChI is InChI=1S/C23H23BrClN3O5/c1-5-32-19-9-14(8-17(25)20(19)33-13(4)23(30)31)11-26-28-21(12(2)3)27-18-7-6-15(24)10-16(18)22(28)29/h6-13H,5H2,1-4H3,(H,30,31)/t13-/m0/s1. The zero-order chi connectivity index (χ0) is 24.3. The number of rotatable bonds is 8. The maximum absolute atomic E-state index is 13.2. The first-order chi connectivity index (χ1) is 15.6. The Morgan fingerprint density at radius 3 is 2.67 bits per heavy atom. The summed E-state index contributed by atoms with van der Waals surface area (Å²) in [6.07, 6.45) is 0.355. The number of carboxylic acids is 1. The zero-order valence-corrected chi connectivity index (χ0v) is 20.8. The number of ether oxygens (including phenoxy) is 2. The lowest BCUT2D eigenvalue weighted by Crippen LogP contribution is -2.23. The molecule has 0 saturated heterocycles. The molecule has 2 aromatic carbocycles. The van der Waals surface area contributed by atoms with E-state index in [9.17, 15) is 9.59 Å². The van der Waals surface area contributed by atoms with Gasteiger partial charge in [0.2, 0.25) is 0 Å². The highest BCUT2D eigenvalue weighted by molar-refractivity contribution is 9.10. The normalized spacial score (nSPS) is 12.5. The lowest BCUT2D eigenvalue weighted by atomic mass is 10.2. The minimum absolute atomic E-state index is 0.0567. The third kappa shape index (κ3) is 5.54. The summed E-state index contributed by atoms with van der Waals surface area (Å²) >= 11 is 9.75. The fraction of sp³-hybridized carbons (Fsp3) is 0.304. The molecule has 0 unspecified atom stereocenters. The van der Waals surface area contributed by atoms with E-state index < -0.39 is 12.1 Å². The lowest BCUT2D eigenvalue weighted by Gasteiger charge is -2.16. The second-order valence-corrected chi connectivity index (χ2v) is 8.83. The average molecular weight is 537 g/mol. The van der Waals surface area contributed by atoms with Gasteiger partial charge < -0.3 is 14.6 Å². The fourth-order valence-electron chi connectivity index (χ4n) is 3.04. The van der Waals surface area contributed by atoms with Crippen molar-refractivity contribution in [3.8, 4) is 11.5 Å². The number of carbonyl (C=O) groups is 1. The van der Waals surface area contributed by atoms with Gasteiger partial charge in [-0.25, -0.2) is 9.78 Å². The maximum atomic E-state index is 13.2. The summed E-state index contributed by atoms with van der Waals surface area (Å²) in [5.41, 5.74) is 0.830. The van der Waals surface area contributed by atoms with Crippen LogP contribution < -0.4 is 15.0 Å². The van der Waals surface area contributed by atoms with Gasteiger partial charge in [0.1, 0.15) is 5.82 Å². The van der Waals surface area contributed by atoms with Crippen molar-refractivity contribution < 1.29 is 19.4 Å². The van der Waals surface area contributed by atoms with Crippen LogP contribution in [-0.2, 0) is 4.79 Å². The second-order valence-electron chi connectivity index (χ2n) is 7.51. The minimum atomic E-state index is -1.13. The van der Waals surface area contributed by atoms with Crippen LogP contribution in [0, 0.1) is 0 Å². The first kappa shape index (κ1) is 24.7. The van der Waals surface area contributed by atoms with E-state index in [2.05, 4.69) is 26.0 Å². The molecule has 1 atom stereocenters. The molecular formula is C23H23BrClN3O5. The number of halogens is 2. The molecule has 174 valence electrons.